The van der Waals surface area contributed by atoms with Crippen molar-refractivity contribution < 1.29 is 80.2 Å². The van der Waals surface area contributed by atoms with Crippen LogP contribution in [0.15, 0.2) is 109 Å². The number of aliphatic hydroxyl groups is 1. The van der Waals surface area contributed by atoms with Gasteiger partial charge in [0.1, 0.15) is 19.3 Å². The predicted molar refractivity (Wildman–Crippen MR) is 390 cm³/mol. The highest BCUT2D eigenvalue weighted by molar-refractivity contribution is 7.47. The number of esters is 4. The first-order valence-electron chi connectivity index (χ1n) is 37.1. The summed E-state index contributed by atoms with van der Waals surface area (Å²) in [5.74, 6) is -2.25. The molecule has 5 atom stereocenters. The molecule has 0 aliphatic carbocycles. The Kier molecular flexibility index (Phi) is 66.1. The minimum absolute atomic E-state index is 0.0337. The Bertz CT molecular complexity index is 2250. The van der Waals surface area contributed by atoms with Crippen molar-refractivity contribution in [3.63, 3.8) is 0 Å². The molecule has 0 rings (SSSR count). The minimum Gasteiger partial charge on any atom is -0.462 e. The summed E-state index contributed by atoms with van der Waals surface area (Å²) in [5.41, 5.74) is 0. The number of hydrogen-bond acceptors (Lipinski definition) is 15. The van der Waals surface area contributed by atoms with Gasteiger partial charge in [0, 0.05) is 25.7 Å². The molecule has 0 fully saturated rings. The van der Waals surface area contributed by atoms with E-state index in [-0.39, 0.29) is 25.7 Å². The van der Waals surface area contributed by atoms with Crippen molar-refractivity contribution in [1.29, 1.82) is 0 Å². The normalized spacial score (nSPS) is 14.6. The molecule has 0 aliphatic rings. The van der Waals surface area contributed by atoms with E-state index in [1.807, 2.05) is 0 Å². The smallest absolute Gasteiger partial charge is 0.462 e. The Balaban J connectivity index is 5.38. The fourth-order valence-corrected chi connectivity index (χ4v) is 11.2. The topological polar surface area (TPSA) is 237 Å². The highest BCUT2D eigenvalue weighted by Gasteiger charge is 2.30. The molecular formula is C77H132O17P2. The molecule has 96 heavy (non-hydrogen) atoms. The third-order valence-electron chi connectivity index (χ3n) is 15.3. The van der Waals surface area contributed by atoms with Crippen LogP contribution in [0.5, 0.6) is 0 Å². The summed E-state index contributed by atoms with van der Waals surface area (Å²) in [6, 6.07) is 0. The lowest BCUT2D eigenvalue weighted by Crippen LogP contribution is -2.30. The van der Waals surface area contributed by atoms with Crippen molar-refractivity contribution in [1.82, 2.24) is 0 Å². The lowest BCUT2D eigenvalue weighted by atomic mass is 10.1. The molecule has 552 valence electrons. The maximum Gasteiger partial charge on any atom is 0.472 e. The number of allylic oxidation sites excluding steroid dienone is 18. The van der Waals surface area contributed by atoms with E-state index in [2.05, 4.69) is 137 Å². The Hall–Kier alpha value is -4.28. The zero-order valence-corrected chi connectivity index (χ0v) is 61.8. The van der Waals surface area contributed by atoms with Crippen LogP contribution >= 0.6 is 15.6 Å². The Morgan fingerprint density at radius 1 is 0.302 bits per heavy atom. The van der Waals surface area contributed by atoms with Crippen LogP contribution < -0.4 is 0 Å². The minimum atomic E-state index is -4.99. The number of phosphoric ester groups is 2. The standard InChI is InChI=1S/C77H132O17P2/c1-5-9-13-17-21-25-29-31-33-34-35-36-38-39-43-46-50-54-58-62-75(80)88-68-73(94-77(82)64-60-56-52-48-44-40-37-32-30-26-22-18-14-10-6-2)70-92-96(85,86)90-66-71(78)65-89-95(83,84)91-69-72(93-76(81)63-59-55-51-47-42-28-24-20-16-12-8-4)67-87-74(79)61-57-53-49-45-41-27-23-19-15-11-7-3/h9-10,13-14,21-22,25-26,31-33,35-37,39,43-44,48,71-73,78H,5-8,11-12,15-20,23-24,27-30,34,38,40-42,45-47,49-70H2,1-4H3,(H,83,84)(H,85,86)/b13-9-,14-10-,25-21-,26-22-,33-31-,36-35-,37-32-,43-39-,48-44-. The number of unbranched alkanes of at least 4 members (excludes halogenated alkanes) is 25. The van der Waals surface area contributed by atoms with Gasteiger partial charge in [0.15, 0.2) is 12.2 Å². The molecule has 0 spiro atoms. The number of carbonyl (C=O) groups is 4. The number of hydrogen-bond donors (Lipinski definition) is 3. The molecule has 0 saturated carbocycles. The first-order chi connectivity index (χ1) is 46.7. The van der Waals surface area contributed by atoms with Gasteiger partial charge in [-0.2, -0.15) is 0 Å². The van der Waals surface area contributed by atoms with Crippen LogP contribution in [0.4, 0.5) is 0 Å². The Morgan fingerprint density at radius 3 is 0.854 bits per heavy atom. The van der Waals surface area contributed by atoms with E-state index in [0.717, 1.165) is 128 Å². The number of ether oxygens (including phenoxy) is 4. The molecule has 3 N–H and O–H groups in total. The fraction of sp³-hybridized carbons (Fsp3) is 0.714. The molecule has 0 aromatic carbocycles. The summed E-state index contributed by atoms with van der Waals surface area (Å²) in [5, 5.41) is 10.6. The average molecular weight is 1390 g/mol. The van der Waals surface area contributed by atoms with Gasteiger partial charge >= 0.3 is 39.5 Å². The van der Waals surface area contributed by atoms with Gasteiger partial charge in [-0.3, -0.25) is 37.3 Å². The first kappa shape index (κ1) is 91.7. The summed E-state index contributed by atoms with van der Waals surface area (Å²) in [6.07, 6.45) is 72.4. The first-order valence-corrected chi connectivity index (χ1v) is 40.1. The van der Waals surface area contributed by atoms with E-state index < -0.39 is 97.5 Å². The molecule has 0 bridgehead atoms. The third kappa shape index (κ3) is 68.3. The molecule has 0 saturated heterocycles. The van der Waals surface area contributed by atoms with E-state index in [4.69, 9.17) is 37.0 Å². The lowest BCUT2D eigenvalue weighted by molar-refractivity contribution is -0.161. The number of rotatable bonds is 69. The second kappa shape index (κ2) is 69.2. The van der Waals surface area contributed by atoms with Gasteiger partial charge in [-0.15, -0.1) is 0 Å². The van der Waals surface area contributed by atoms with Gasteiger partial charge in [-0.05, 0) is 109 Å². The molecule has 5 unspecified atom stereocenters. The summed E-state index contributed by atoms with van der Waals surface area (Å²) < 4.78 is 68.3. The lowest BCUT2D eigenvalue weighted by Gasteiger charge is -2.21. The van der Waals surface area contributed by atoms with Crippen LogP contribution in [0, 0.1) is 0 Å². The van der Waals surface area contributed by atoms with E-state index in [9.17, 15) is 43.2 Å². The van der Waals surface area contributed by atoms with Gasteiger partial charge in [-0.25, -0.2) is 9.13 Å². The van der Waals surface area contributed by atoms with Crippen molar-refractivity contribution in [2.45, 2.75) is 316 Å². The molecule has 0 heterocycles. The summed E-state index contributed by atoms with van der Waals surface area (Å²) >= 11 is 0. The molecule has 19 heteroatoms. The van der Waals surface area contributed by atoms with Gasteiger partial charge in [0.2, 0.25) is 0 Å². The quantitative estimate of drug-likeness (QED) is 0.0169. The van der Waals surface area contributed by atoms with Crippen LogP contribution in [0.25, 0.3) is 0 Å². The van der Waals surface area contributed by atoms with Crippen LogP contribution in [-0.2, 0) is 65.4 Å². The number of aliphatic hydroxyl groups excluding tert-OH is 1. The number of phosphoric acid groups is 2. The zero-order chi connectivity index (χ0) is 70.4. The molecular weight excluding hydrogens is 1260 g/mol. The molecule has 17 nitrogen and oxygen atoms in total. The van der Waals surface area contributed by atoms with Gasteiger partial charge < -0.3 is 33.8 Å². The molecule has 0 aromatic heterocycles. The fourth-order valence-electron chi connectivity index (χ4n) is 9.65. The van der Waals surface area contributed by atoms with Crippen LogP contribution in [0.3, 0.4) is 0 Å². The largest absolute Gasteiger partial charge is 0.472 e. The van der Waals surface area contributed by atoms with Gasteiger partial charge in [0.05, 0.1) is 26.4 Å². The summed E-state index contributed by atoms with van der Waals surface area (Å²) in [7, 11) is -9.96. The van der Waals surface area contributed by atoms with Crippen molar-refractivity contribution in [2.24, 2.45) is 0 Å². The molecule has 0 aromatic rings. The maximum absolute atomic E-state index is 13.1. The highest BCUT2D eigenvalue weighted by Crippen LogP contribution is 2.45. The van der Waals surface area contributed by atoms with Crippen molar-refractivity contribution in [2.75, 3.05) is 39.6 Å². The van der Waals surface area contributed by atoms with Crippen LogP contribution in [0.2, 0.25) is 0 Å². The predicted octanol–water partition coefficient (Wildman–Crippen LogP) is 21.0. The Labute approximate surface area is 581 Å². The second-order valence-electron chi connectivity index (χ2n) is 24.5. The van der Waals surface area contributed by atoms with Gasteiger partial charge in [0.25, 0.3) is 0 Å². The van der Waals surface area contributed by atoms with Gasteiger partial charge in [-0.1, -0.05) is 272 Å². The Morgan fingerprint density at radius 2 is 0.542 bits per heavy atom. The summed E-state index contributed by atoms with van der Waals surface area (Å²) in [6.45, 7) is 4.55. The van der Waals surface area contributed by atoms with E-state index in [0.29, 0.717) is 32.1 Å². The van der Waals surface area contributed by atoms with E-state index in [1.165, 1.54) is 83.5 Å². The average Bonchev–Trinajstić information content (AvgIpc) is 1.41. The van der Waals surface area contributed by atoms with Crippen LogP contribution in [0.1, 0.15) is 297 Å². The van der Waals surface area contributed by atoms with Crippen molar-refractivity contribution in [3.8, 4) is 0 Å². The van der Waals surface area contributed by atoms with Crippen molar-refractivity contribution >= 4 is 39.5 Å². The van der Waals surface area contributed by atoms with Crippen LogP contribution in [-0.4, -0.2) is 96.7 Å². The van der Waals surface area contributed by atoms with E-state index >= 15 is 0 Å². The maximum atomic E-state index is 13.1. The monoisotopic (exact) mass is 1390 g/mol. The van der Waals surface area contributed by atoms with Crippen molar-refractivity contribution in [3.05, 3.63) is 109 Å². The van der Waals surface area contributed by atoms with E-state index in [1.54, 1.807) is 0 Å². The third-order valence-corrected chi connectivity index (χ3v) is 17.2. The molecule has 0 radical (unpaired) electrons. The number of carbonyl (C=O) groups excluding carboxylic acids is 4. The summed E-state index contributed by atoms with van der Waals surface area (Å²) in [4.78, 5) is 72.7. The molecule has 0 aliphatic heterocycles. The molecule has 0 amide bonds. The zero-order valence-electron chi connectivity index (χ0n) is 60.0. The second-order valence-corrected chi connectivity index (χ2v) is 27.4. The SMILES string of the molecule is CC/C=C\C/C=C\C/C=C\C/C=C\C/C=C\CCCCCC(=O)OCC(COP(=O)(O)OCC(O)COP(=O)(O)OCC(COC(=O)CCCCCCCCCCCCC)OC(=O)CCCCCCCCCCCCC)OC(=O)CCCC/C=C\C/C=C\C/C=C\C/C=C\CC. The highest BCUT2D eigenvalue weighted by atomic mass is 31.2.